The Morgan fingerprint density at radius 1 is 1.41 bits per heavy atom. The average molecular weight is 238 g/mol. The molecule has 0 aliphatic rings. The Hall–Kier alpha value is -1.62. The third-order valence-electron chi connectivity index (χ3n) is 2.37. The van der Waals surface area contributed by atoms with Crippen molar-refractivity contribution >= 4 is 5.69 Å². The summed E-state index contributed by atoms with van der Waals surface area (Å²) in [6, 6.07) is 6.60. The number of nitro benzene ring substituents is 1. The number of unbranched alkanes of at least 4 members (excludes halogenated alkanes) is 1. The van der Waals surface area contributed by atoms with Gasteiger partial charge >= 0.3 is 5.69 Å². The monoisotopic (exact) mass is 238 g/mol. The lowest BCUT2D eigenvalue weighted by molar-refractivity contribution is -0.385. The Kier molecular flexibility index (Phi) is 5.42. The first-order valence-corrected chi connectivity index (χ1v) is 5.73. The molecule has 1 atom stereocenters. The van der Waals surface area contributed by atoms with Gasteiger partial charge in [-0.25, -0.2) is 0 Å². The molecule has 5 nitrogen and oxygen atoms in total. The Bertz CT molecular complexity index is 367. The molecule has 17 heavy (non-hydrogen) atoms. The second-order valence-corrected chi connectivity index (χ2v) is 4.05. The van der Waals surface area contributed by atoms with E-state index < -0.39 is 4.92 Å². The summed E-state index contributed by atoms with van der Waals surface area (Å²) in [5, 5.41) is 10.7. The predicted octanol–water partition coefficient (Wildman–Crippen LogP) is 2.49. The van der Waals surface area contributed by atoms with Crippen LogP contribution in [0.5, 0.6) is 5.75 Å². The summed E-state index contributed by atoms with van der Waals surface area (Å²) in [5.41, 5.74) is 5.63. The fourth-order valence-corrected chi connectivity index (χ4v) is 1.48. The highest BCUT2D eigenvalue weighted by atomic mass is 16.6. The van der Waals surface area contributed by atoms with Gasteiger partial charge in [-0.2, -0.15) is 0 Å². The van der Waals surface area contributed by atoms with E-state index >= 15 is 0 Å². The largest absolute Gasteiger partial charge is 0.487 e. The van der Waals surface area contributed by atoms with Gasteiger partial charge in [-0.05, 0) is 32.3 Å². The quantitative estimate of drug-likeness (QED) is 0.449. The van der Waals surface area contributed by atoms with Gasteiger partial charge in [0.25, 0.3) is 0 Å². The molecule has 1 aromatic carbocycles. The highest BCUT2D eigenvalue weighted by Crippen LogP contribution is 2.25. The number of rotatable bonds is 7. The van der Waals surface area contributed by atoms with Gasteiger partial charge in [-0.3, -0.25) is 10.1 Å². The van der Waals surface area contributed by atoms with Crippen LogP contribution in [-0.2, 0) is 0 Å². The van der Waals surface area contributed by atoms with E-state index in [9.17, 15) is 10.1 Å². The molecule has 0 amide bonds. The standard InChI is InChI=1S/C12H18N2O3/c1-10(13)6-4-5-9-17-12-8-3-2-7-11(12)14(15)16/h2-3,7-8,10H,4-6,9,13H2,1H3. The molecular formula is C12H18N2O3. The fourth-order valence-electron chi connectivity index (χ4n) is 1.48. The van der Waals surface area contributed by atoms with Crippen LogP contribution in [0.15, 0.2) is 24.3 Å². The summed E-state index contributed by atoms with van der Waals surface area (Å²) in [4.78, 5) is 10.3. The van der Waals surface area contributed by atoms with Crippen molar-refractivity contribution in [1.29, 1.82) is 0 Å². The topological polar surface area (TPSA) is 78.4 Å². The number of hydrogen-bond donors (Lipinski definition) is 1. The minimum absolute atomic E-state index is 0.0136. The second-order valence-electron chi connectivity index (χ2n) is 4.05. The lowest BCUT2D eigenvalue weighted by Crippen LogP contribution is -2.14. The van der Waals surface area contributed by atoms with Crippen molar-refractivity contribution in [3.8, 4) is 5.75 Å². The van der Waals surface area contributed by atoms with E-state index in [1.165, 1.54) is 6.07 Å². The van der Waals surface area contributed by atoms with Crippen molar-refractivity contribution in [2.24, 2.45) is 5.73 Å². The average Bonchev–Trinajstić information content (AvgIpc) is 2.28. The molecule has 0 saturated heterocycles. The molecule has 0 aliphatic heterocycles. The normalized spacial score (nSPS) is 12.1. The molecule has 0 spiro atoms. The number of para-hydroxylation sites is 2. The Balaban J connectivity index is 2.39. The second kappa shape index (κ2) is 6.85. The molecule has 1 unspecified atom stereocenters. The number of nitro groups is 1. The highest BCUT2D eigenvalue weighted by molar-refractivity contribution is 5.45. The van der Waals surface area contributed by atoms with E-state index in [1.54, 1.807) is 18.2 Å². The van der Waals surface area contributed by atoms with Crippen LogP contribution < -0.4 is 10.5 Å². The molecule has 94 valence electrons. The zero-order valence-electron chi connectivity index (χ0n) is 9.96. The van der Waals surface area contributed by atoms with Gasteiger partial charge in [-0.15, -0.1) is 0 Å². The zero-order valence-corrected chi connectivity index (χ0v) is 9.96. The molecule has 0 saturated carbocycles. The van der Waals surface area contributed by atoms with E-state index in [0.29, 0.717) is 12.4 Å². The fraction of sp³-hybridized carbons (Fsp3) is 0.500. The van der Waals surface area contributed by atoms with Crippen LogP contribution in [0, 0.1) is 10.1 Å². The molecule has 2 N–H and O–H groups in total. The maximum absolute atomic E-state index is 10.7. The third-order valence-corrected chi connectivity index (χ3v) is 2.37. The van der Waals surface area contributed by atoms with Gasteiger partial charge in [0, 0.05) is 12.1 Å². The van der Waals surface area contributed by atoms with Gasteiger partial charge < -0.3 is 10.5 Å². The molecular weight excluding hydrogens is 220 g/mol. The van der Waals surface area contributed by atoms with Crippen LogP contribution in [0.25, 0.3) is 0 Å². The van der Waals surface area contributed by atoms with Crippen LogP contribution in [0.3, 0.4) is 0 Å². The summed E-state index contributed by atoms with van der Waals surface area (Å²) >= 11 is 0. The van der Waals surface area contributed by atoms with Crippen LogP contribution in [-0.4, -0.2) is 17.6 Å². The Morgan fingerprint density at radius 3 is 2.76 bits per heavy atom. The molecule has 1 aromatic rings. The van der Waals surface area contributed by atoms with Crippen molar-refractivity contribution in [1.82, 2.24) is 0 Å². The maximum Gasteiger partial charge on any atom is 0.310 e. The molecule has 0 aliphatic carbocycles. The number of nitrogens with zero attached hydrogens (tertiary/aromatic N) is 1. The van der Waals surface area contributed by atoms with Crippen molar-refractivity contribution in [3.63, 3.8) is 0 Å². The summed E-state index contributed by atoms with van der Waals surface area (Å²) in [5.74, 6) is 0.332. The number of ether oxygens (including phenoxy) is 1. The van der Waals surface area contributed by atoms with Crippen LogP contribution in [0.2, 0.25) is 0 Å². The molecule has 0 fully saturated rings. The minimum Gasteiger partial charge on any atom is -0.487 e. The third kappa shape index (κ3) is 4.82. The van der Waals surface area contributed by atoms with Gasteiger partial charge in [0.1, 0.15) is 0 Å². The Morgan fingerprint density at radius 2 is 2.12 bits per heavy atom. The van der Waals surface area contributed by atoms with E-state index in [0.717, 1.165) is 19.3 Å². The maximum atomic E-state index is 10.7. The molecule has 5 heteroatoms. The van der Waals surface area contributed by atoms with E-state index in [-0.39, 0.29) is 11.7 Å². The van der Waals surface area contributed by atoms with Crippen LogP contribution in [0.1, 0.15) is 26.2 Å². The van der Waals surface area contributed by atoms with Gasteiger partial charge in [0.15, 0.2) is 5.75 Å². The van der Waals surface area contributed by atoms with Crippen LogP contribution >= 0.6 is 0 Å². The van der Waals surface area contributed by atoms with E-state index in [4.69, 9.17) is 10.5 Å². The minimum atomic E-state index is -0.433. The van der Waals surface area contributed by atoms with Crippen molar-refractivity contribution in [3.05, 3.63) is 34.4 Å². The summed E-state index contributed by atoms with van der Waals surface area (Å²) in [6.07, 6.45) is 2.77. The smallest absolute Gasteiger partial charge is 0.310 e. The predicted molar refractivity (Wildman–Crippen MR) is 66.1 cm³/mol. The van der Waals surface area contributed by atoms with E-state index in [1.807, 2.05) is 6.92 Å². The molecule has 1 rings (SSSR count). The van der Waals surface area contributed by atoms with Gasteiger partial charge in [0.2, 0.25) is 0 Å². The lowest BCUT2D eigenvalue weighted by Gasteiger charge is -2.07. The first kappa shape index (κ1) is 13.4. The molecule has 0 radical (unpaired) electrons. The molecule has 0 aromatic heterocycles. The lowest BCUT2D eigenvalue weighted by atomic mass is 10.1. The Labute approximate surface area is 101 Å². The molecule has 0 heterocycles. The van der Waals surface area contributed by atoms with Crippen molar-refractivity contribution < 1.29 is 9.66 Å². The molecule has 0 bridgehead atoms. The summed E-state index contributed by atoms with van der Waals surface area (Å²) < 4.78 is 5.40. The van der Waals surface area contributed by atoms with Gasteiger partial charge in [0.05, 0.1) is 11.5 Å². The highest BCUT2D eigenvalue weighted by Gasteiger charge is 2.12. The van der Waals surface area contributed by atoms with E-state index in [2.05, 4.69) is 0 Å². The number of benzene rings is 1. The summed E-state index contributed by atoms with van der Waals surface area (Å²) in [7, 11) is 0. The van der Waals surface area contributed by atoms with Crippen molar-refractivity contribution in [2.75, 3.05) is 6.61 Å². The number of hydrogen-bond acceptors (Lipinski definition) is 4. The van der Waals surface area contributed by atoms with Gasteiger partial charge in [-0.1, -0.05) is 12.1 Å². The number of nitrogens with two attached hydrogens (primary N) is 1. The first-order chi connectivity index (χ1) is 8.11. The SMILES string of the molecule is CC(N)CCCCOc1ccccc1[N+](=O)[O-]. The first-order valence-electron chi connectivity index (χ1n) is 5.73. The zero-order chi connectivity index (χ0) is 12.7. The van der Waals surface area contributed by atoms with Crippen molar-refractivity contribution in [2.45, 2.75) is 32.2 Å². The summed E-state index contributed by atoms with van der Waals surface area (Å²) in [6.45, 7) is 2.44. The van der Waals surface area contributed by atoms with Crippen LogP contribution in [0.4, 0.5) is 5.69 Å².